The Morgan fingerprint density at radius 1 is 1.44 bits per heavy atom. The van der Waals surface area contributed by atoms with Gasteiger partial charge < -0.3 is 15.8 Å². The van der Waals surface area contributed by atoms with Crippen LogP contribution in [-0.2, 0) is 0 Å². The molecule has 1 aromatic carbocycles. The third-order valence-corrected chi connectivity index (χ3v) is 6.14. The van der Waals surface area contributed by atoms with E-state index in [0.717, 1.165) is 15.3 Å². The first-order valence-electron chi connectivity index (χ1n) is 8.88. The number of benzene rings is 1. The summed E-state index contributed by atoms with van der Waals surface area (Å²) in [7, 11) is 0. The molecule has 4 rings (SSSR count). The number of carbonyl (C=O) groups excluding carboxylic acids is 1. The molecule has 2 amide bonds. The Morgan fingerprint density at radius 2 is 2.33 bits per heavy atom. The van der Waals surface area contributed by atoms with Crippen LogP contribution in [0.4, 0.5) is 9.93 Å². The van der Waals surface area contributed by atoms with Crippen LogP contribution in [0.1, 0.15) is 5.56 Å². The fourth-order valence-corrected chi connectivity index (χ4v) is 4.80. The summed E-state index contributed by atoms with van der Waals surface area (Å²) in [5.74, 6) is 0.672. The lowest BCUT2D eigenvalue weighted by Gasteiger charge is -2.41. The minimum atomic E-state index is -0.396. The van der Waals surface area contributed by atoms with Crippen LogP contribution >= 0.6 is 11.3 Å². The number of quaternary nitrogens is 1. The number of amides is 2. The minimum absolute atomic E-state index is 0.00561. The smallest absolute Gasteiger partial charge is 0.421 e. The number of rotatable bonds is 4. The van der Waals surface area contributed by atoms with Gasteiger partial charge in [0, 0.05) is 12.7 Å². The van der Waals surface area contributed by atoms with Gasteiger partial charge in [0.05, 0.1) is 23.0 Å². The van der Waals surface area contributed by atoms with Gasteiger partial charge in [0.25, 0.3) is 5.13 Å². The van der Waals surface area contributed by atoms with Gasteiger partial charge in [-0.15, -0.1) is 0 Å². The maximum Gasteiger partial charge on any atom is 0.421 e. The molecule has 1 saturated heterocycles. The number of pyridine rings is 1. The molecule has 7 nitrogen and oxygen atoms in total. The van der Waals surface area contributed by atoms with Crippen LogP contribution in [-0.4, -0.2) is 48.3 Å². The molecule has 1 aliphatic rings. The molecule has 0 bridgehead atoms. The van der Waals surface area contributed by atoms with Crippen molar-refractivity contribution in [2.45, 2.75) is 13.0 Å². The van der Waals surface area contributed by atoms with E-state index in [0.29, 0.717) is 32.0 Å². The zero-order valence-electron chi connectivity index (χ0n) is 15.1. The molecule has 8 heteroatoms. The lowest BCUT2D eigenvalue weighted by molar-refractivity contribution is 0.132. The molecule has 2 unspecified atom stereocenters. The lowest BCUT2D eigenvalue weighted by Crippen LogP contribution is -2.72. The Kier molecular flexibility index (Phi) is 4.77. The first kappa shape index (κ1) is 17.8. The van der Waals surface area contributed by atoms with E-state index in [1.54, 1.807) is 12.4 Å². The summed E-state index contributed by atoms with van der Waals surface area (Å²) in [6.45, 7) is 4.26. The van der Waals surface area contributed by atoms with Crippen molar-refractivity contribution in [3.8, 4) is 5.75 Å². The Morgan fingerprint density at radius 3 is 3.11 bits per heavy atom. The predicted molar refractivity (Wildman–Crippen MR) is 107 cm³/mol. The van der Waals surface area contributed by atoms with Crippen molar-refractivity contribution in [1.82, 2.24) is 19.8 Å². The van der Waals surface area contributed by atoms with Gasteiger partial charge >= 0.3 is 6.03 Å². The van der Waals surface area contributed by atoms with Gasteiger partial charge in [-0.1, -0.05) is 17.4 Å². The number of urea groups is 1. The number of nitrogens with two attached hydrogens (primary N) is 1. The second kappa shape index (κ2) is 7.22. The SMILES string of the molecule is Cc1ccc2nc([N+]3(C(N)=O)CCNCC3COc3cccnc3)sc2c1. The van der Waals surface area contributed by atoms with E-state index in [1.165, 1.54) is 16.9 Å². The van der Waals surface area contributed by atoms with Crippen molar-refractivity contribution < 1.29 is 9.53 Å². The number of aromatic nitrogens is 2. The number of hydrogen-bond acceptors (Lipinski definition) is 6. The molecule has 2 aromatic heterocycles. The highest BCUT2D eigenvalue weighted by Gasteiger charge is 2.50. The third kappa shape index (κ3) is 3.27. The number of nitrogens with zero attached hydrogens (tertiary/aromatic N) is 3. The molecule has 0 aliphatic carbocycles. The van der Waals surface area contributed by atoms with E-state index in [4.69, 9.17) is 15.5 Å². The van der Waals surface area contributed by atoms with Gasteiger partial charge in [0.2, 0.25) is 0 Å². The quantitative estimate of drug-likeness (QED) is 0.675. The zero-order valence-corrected chi connectivity index (χ0v) is 15.9. The summed E-state index contributed by atoms with van der Waals surface area (Å²) in [4.78, 5) is 21.5. The Balaban J connectivity index is 1.70. The lowest BCUT2D eigenvalue weighted by atomic mass is 10.1. The van der Waals surface area contributed by atoms with Crippen molar-refractivity contribution in [2.75, 3.05) is 26.2 Å². The topological polar surface area (TPSA) is 90.1 Å². The van der Waals surface area contributed by atoms with Crippen molar-refractivity contribution in [3.63, 3.8) is 0 Å². The molecule has 3 aromatic rings. The minimum Gasteiger partial charge on any atom is -0.486 e. The predicted octanol–water partition coefficient (Wildman–Crippen LogP) is 2.44. The van der Waals surface area contributed by atoms with E-state index in [-0.39, 0.29) is 10.5 Å². The van der Waals surface area contributed by atoms with Crippen LogP contribution in [0, 0.1) is 6.92 Å². The van der Waals surface area contributed by atoms with Gasteiger partial charge in [0.1, 0.15) is 18.9 Å². The van der Waals surface area contributed by atoms with Crippen LogP contribution < -0.4 is 20.3 Å². The second-order valence-corrected chi connectivity index (χ2v) is 7.77. The Labute approximate surface area is 161 Å². The molecular weight excluding hydrogens is 362 g/mol. The van der Waals surface area contributed by atoms with Crippen LogP contribution in [0.25, 0.3) is 10.2 Å². The average molecular weight is 384 g/mol. The summed E-state index contributed by atoms with van der Waals surface area (Å²) < 4.78 is 6.99. The highest BCUT2D eigenvalue weighted by molar-refractivity contribution is 7.22. The number of piperazine rings is 1. The van der Waals surface area contributed by atoms with Gasteiger partial charge in [-0.05, 0) is 36.8 Å². The molecule has 0 spiro atoms. The molecule has 2 atom stereocenters. The summed E-state index contributed by atoms with van der Waals surface area (Å²) in [6.07, 6.45) is 3.36. The highest BCUT2D eigenvalue weighted by Crippen LogP contribution is 2.36. The van der Waals surface area contributed by atoms with Gasteiger partial charge in [-0.3, -0.25) is 4.98 Å². The van der Waals surface area contributed by atoms with Crippen LogP contribution in [0.5, 0.6) is 5.75 Å². The van der Waals surface area contributed by atoms with Gasteiger partial charge in [0.15, 0.2) is 6.04 Å². The molecule has 3 N–H and O–H groups in total. The van der Waals surface area contributed by atoms with Crippen molar-refractivity contribution in [2.24, 2.45) is 5.73 Å². The molecule has 27 heavy (non-hydrogen) atoms. The Hall–Kier alpha value is -2.55. The first-order valence-corrected chi connectivity index (χ1v) is 9.70. The normalized spacial score (nSPS) is 22.6. The van der Waals surface area contributed by atoms with Crippen LogP contribution in [0.15, 0.2) is 42.7 Å². The van der Waals surface area contributed by atoms with Crippen LogP contribution in [0.2, 0.25) is 0 Å². The number of thiazole rings is 1. The summed E-state index contributed by atoms with van der Waals surface area (Å²) >= 11 is 1.54. The van der Waals surface area contributed by atoms with E-state index >= 15 is 0 Å². The van der Waals surface area contributed by atoms with E-state index in [9.17, 15) is 4.79 Å². The monoisotopic (exact) mass is 384 g/mol. The third-order valence-electron chi connectivity index (χ3n) is 4.99. The number of ether oxygens (including phenoxy) is 1. The molecule has 0 radical (unpaired) electrons. The van der Waals surface area contributed by atoms with E-state index < -0.39 is 6.03 Å². The fraction of sp³-hybridized carbons (Fsp3) is 0.316. The molecule has 3 heterocycles. The van der Waals surface area contributed by atoms with Gasteiger partial charge in [-0.25, -0.2) is 4.79 Å². The van der Waals surface area contributed by atoms with Crippen LogP contribution in [0.3, 0.4) is 0 Å². The maximum atomic E-state index is 12.7. The van der Waals surface area contributed by atoms with Crippen molar-refractivity contribution >= 4 is 32.7 Å². The number of primary amides is 1. The first-order chi connectivity index (χ1) is 13.1. The molecule has 140 valence electrons. The Bertz CT molecular complexity index is 961. The number of aryl methyl sites for hydroxylation is 1. The molecule has 0 saturated carbocycles. The van der Waals surface area contributed by atoms with Gasteiger partial charge in [-0.2, -0.15) is 9.47 Å². The highest BCUT2D eigenvalue weighted by atomic mass is 32.1. The zero-order chi connectivity index (χ0) is 18.9. The number of fused-ring (bicyclic) bond motifs is 1. The average Bonchev–Trinajstić information content (AvgIpc) is 3.10. The fourth-order valence-electron chi connectivity index (χ4n) is 3.50. The largest absolute Gasteiger partial charge is 0.486 e. The molecular formula is C19H22N5O2S+. The number of hydrogen-bond donors (Lipinski definition) is 2. The second-order valence-electron chi connectivity index (χ2n) is 6.76. The number of carbonyl (C=O) groups is 1. The van der Waals surface area contributed by atoms with Crippen molar-refractivity contribution in [1.29, 1.82) is 0 Å². The maximum absolute atomic E-state index is 12.7. The molecule has 1 fully saturated rings. The summed E-state index contributed by atoms with van der Waals surface area (Å²) in [5.41, 5.74) is 8.01. The summed E-state index contributed by atoms with van der Waals surface area (Å²) in [5, 5.41) is 4.08. The number of nitrogens with one attached hydrogen (secondary N) is 1. The van der Waals surface area contributed by atoms with E-state index in [1.807, 2.05) is 31.2 Å². The summed E-state index contributed by atoms with van der Waals surface area (Å²) in [6, 6.07) is 9.22. The van der Waals surface area contributed by atoms with Crippen molar-refractivity contribution in [3.05, 3.63) is 48.3 Å². The van der Waals surface area contributed by atoms with E-state index in [2.05, 4.69) is 16.4 Å². The standard InChI is InChI=1S/C19H21N5O2S/c1-13-4-5-16-17(9-13)27-19(23-16)24(18(20)25)8-7-22-10-14(24)12-26-15-3-2-6-21-11-15/h2-6,9,11,14,22H,7-8,10,12H2,1H3,(H-,20,25)/p+1. The molecule has 1 aliphatic heterocycles.